The molecule has 0 spiro atoms. The van der Waals surface area contributed by atoms with Gasteiger partial charge in [-0.3, -0.25) is 4.98 Å². The molecule has 1 rings (SSSR count). The number of aromatic nitrogens is 1. The predicted molar refractivity (Wildman–Crippen MR) is 37.8 cm³/mol. The highest BCUT2D eigenvalue weighted by molar-refractivity contribution is 5.87. The molecule has 70 valence electrons. The Bertz CT molecular complexity index is 341. The predicted octanol–water partition coefficient (Wildman–Crippen LogP) is 1.42. The van der Waals surface area contributed by atoms with Gasteiger partial charge in [0.2, 0.25) is 0 Å². The molecule has 13 heavy (non-hydrogen) atoms. The molecule has 0 aliphatic heterocycles. The maximum Gasteiger partial charge on any atom is 0.337 e. The van der Waals surface area contributed by atoms with Gasteiger partial charge in [-0.15, -0.1) is 0 Å². The fourth-order valence-corrected chi connectivity index (χ4v) is 0.749. The van der Waals surface area contributed by atoms with Gasteiger partial charge >= 0.3 is 5.97 Å². The van der Waals surface area contributed by atoms with Crippen molar-refractivity contribution in [1.29, 1.82) is 0 Å². The topological polar surface area (TPSA) is 70.4 Å². The minimum Gasteiger partial charge on any atom is -0.506 e. The minimum absolute atomic E-state index is 0.332. The SMILES string of the molecule is O=C(O)c1cnc(C(F)F)c(O)c1. The Morgan fingerprint density at radius 1 is 1.54 bits per heavy atom. The van der Waals surface area contributed by atoms with Gasteiger partial charge in [-0.2, -0.15) is 0 Å². The molecule has 0 fully saturated rings. The molecule has 4 nitrogen and oxygen atoms in total. The number of pyridine rings is 1. The van der Waals surface area contributed by atoms with E-state index in [2.05, 4.69) is 4.98 Å². The van der Waals surface area contributed by atoms with Crippen LogP contribution in [0.5, 0.6) is 5.75 Å². The Morgan fingerprint density at radius 2 is 2.15 bits per heavy atom. The number of carbonyl (C=O) groups is 1. The van der Waals surface area contributed by atoms with E-state index >= 15 is 0 Å². The standard InChI is InChI=1S/C7H5F2NO3/c8-6(9)5-4(11)1-3(2-10-5)7(12)13/h1-2,6,11H,(H,12,13). The van der Waals surface area contributed by atoms with Gasteiger partial charge in [0, 0.05) is 6.20 Å². The third kappa shape index (κ3) is 1.90. The third-order valence-corrected chi connectivity index (χ3v) is 1.35. The summed E-state index contributed by atoms with van der Waals surface area (Å²) in [6.07, 6.45) is -2.15. The molecule has 0 saturated heterocycles. The molecule has 0 radical (unpaired) electrons. The first kappa shape index (κ1) is 9.37. The first-order valence-electron chi connectivity index (χ1n) is 3.22. The highest BCUT2D eigenvalue weighted by Gasteiger charge is 2.16. The maximum atomic E-state index is 12.0. The van der Waals surface area contributed by atoms with Gasteiger partial charge in [0.05, 0.1) is 5.56 Å². The summed E-state index contributed by atoms with van der Waals surface area (Å²) in [6.45, 7) is 0. The second kappa shape index (κ2) is 3.34. The van der Waals surface area contributed by atoms with E-state index in [1.165, 1.54) is 0 Å². The molecule has 0 atom stereocenters. The van der Waals surface area contributed by atoms with Crippen LogP contribution < -0.4 is 0 Å². The van der Waals surface area contributed by atoms with Gasteiger partial charge in [0.1, 0.15) is 11.4 Å². The molecule has 0 aromatic carbocycles. The molecule has 1 aromatic rings. The fourth-order valence-electron chi connectivity index (χ4n) is 0.749. The van der Waals surface area contributed by atoms with Crippen molar-refractivity contribution in [3.8, 4) is 5.75 Å². The monoisotopic (exact) mass is 189 g/mol. The number of alkyl halides is 2. The van der Waals surface area contributed by atoms with E-state index in [0.717, 1.165) is 12.3 Å². The smallest absolute Gasteiger partial charge is 0.337 e. The molecule has 0 unspecified atom stereocenters. The van der Waals surface area contributed by atoms with Crippen LogP contribution in [0.4, 0.5) is 8.78 Å². The highest BCUT2D eigenvalue weighted by atomic mass is 19.3. The lowest BCUT2D eigenvalue weighted by molar-refractivity contribution is 0.0695. The number of hydrogen-bond donors (Lipinski definition) is 2. The lowest BCUT2D eigenvalue weighted by atomic mass is 10.2. The van der Waals surface area contributed by atoms with Gasteiger partial charge in [-0.1, -0.05) is 0 Å². The van der Waals surface area contributed by atoms with Gasteiger partial charge in [0.15, 0.2) is 0 Å². The molecule has 6 heteroatoms. The number of nitrogens with zero attached hydrogens (tertiary/aromatic N) is 1. The largest absolute Gasteiger partial charge is 0.506 e. The van der Waals surface area contributed by atoms with Crippen molar-refractivity contribution < 1.29 is 23.8 Å². The maximum absolute atomic E-state index is 12.0. The summed E-state index contributed by atoms with van der Waals surface area (Å²) < 4.78 is 24.0. The number of aromatic carboxylic acids is 1. The van der Waals surface area contributed by atoms with Crippen molar-refractivity contribution >= 4 is 5.97 Å². The molecule has 0 aliphatic carbocycles. The van der Waals surface area contributed by atoms with Crippen molar-refractivity contribution in [1.82, 2.24) is 4.98 Å². The zero-order valence-electron chi connectivity index (χ0n) is 6.24. The van der Waals surface area contributed by atoms with Crippen LogP contribution >= 0.6 is 0 Å². The van der Waals surface area contributed by atoms with Crippen LogP contribution in [-0.4, -0.2) is 21.2 Å². The summed E-state index contributed by atoms with van der Waals surface area (Å²) in [5.74, 6) is -2.14. The van der Waals surface area contributed by atoms with Crippen LogP contribution in [-0.2, 0) is 0 Å². The van der Waals surface area contributed by atoms with Gasteiger partial charge < -0.3 is 10.2 Å². The summed E-state index contributed by atoms with van der Waals surface area (Å²) in [7, 11) is 0. The second-order valence-electron chi connectivity index (χ2n) is 2.23. The van der Waals surface area contributed by atoms with Crippen molar-refractivity contribution in [3.05, 3.63) is 23.5 Å². The summed E-state index contributed by atoms with van der Waals surface area (Å²) in [5.41, 5.74) is -1.15. The normalized spacial score (nSPS) is 10.4. The van der Waals surface area contributed by atoms with Crippen LogP contribution in [0.25, 0.3) is 0 Å². The quantitative estimate of drug-likeness (QED) is 0.738. The van der Waals surface area contributed by atoms with E-state index in [9.17, 15) is 13.6 Å². The Morgan fingerprint density at radius 3 is 2.54 bits per heavy atom. The molecule has 0 amide bonds. The Kier molecular flexibility index (Phi) is 2.41. The number of carboxylic acids is 1. The average molecular weight is 189 g/mol. The fraction of sp³-hybridized carbons (Fsp3) is 0.143. The zero-order valence-corrected chi connectivity index (χ0v) is 6.24. The van der Waals surface area contributed by atoms with E-state index in [1.807, 2.05) is 0 Å². The summed E-state index contributed by atoms with van der Waals surface area (Å²) >= 11 is 0. The van der Waals surface area contributed by atoms with Crippen molar-refractivity contribution in [2.24, 2.45) is 0 Å². The van der Waals surface area contributed by atoms with Gasteiger partial charge in [0.25, 0.3) is 6.43 Å². The second-order valence-corrected chi connectivity index (χ2v) is 2.23. The molecular weight excluding hydrogens is 184 g/mol. The molecule has 1 aromatic heterocycles. The van der Waals surface area contributed by atoms with Crippen LogP contribution in [0.2, 0.25) is 0 Å². The third-order valence-electron chi connectivity index (χ3n) is 1.35. The van der Waals surface area contributed by atoms with Crippen LogP contribution in [0.1, 0.15) is 22.5 Å². The van der Waals surface area contributed by atoms with Crippen molar-refractivity contribution in [3.63, 3.8) is 0 Å². The van der Waals surface area contributed by atoms with E-state index in [4.69, 9.17) is 10.2 Å². The first-order chi connectivity index (χ1) is 6.02. The van der Waals surface area contributed by atoms with Crippen LogP contribution in [0.15, 0.2) is 12.3 Å². The molecule has 0 aliphatic rings. The Hall–Kier alpha value is -1.72. The Labute approximate surface area is 71.5 Å². The lowest BCUT2D eigenvalue weighted by Crippen LogP contribution is -1.99. The Balaban J connectivity index is 3.13. The molecule has 0 bridgehead atoms. The average Bonchev–Trinajstić information content (AvgIpc) is 2.03. The summed E-state index contributed by atoms with van der Waals surface area (Å²) in [5, 5.41) is 17.3. The van der Waals surface area contributed by atoms with E-state index < -0.39 is 23.8 Å². The molecule has 0 saturated carbocycles. The number of halogens is 2. The highest BCUT2D eigenvalue weighted by Crippen LogP contribution is 2.26. The van der Waals surface area contributed by atoms with Crippen molar-refractivity contribution in [2.45, 2.75) is 6.43 Å². The molecule has 2 N–H and O–H groups in total. The molecular formula is C7H5F2NO3. The van der Waals surface area contributed by atoms with E-state index in [-0.39, 0.29) is 5.56 Å². The van der Waals surface area contributed by atoms with Crippen LogP contribution in [0, 0.1) is 0 Å². The molecule has 1 heterocycles. The number of hydrogen-bond acceptors (Lipinski definition) is 3. The van der Waals surface area contributed by atoms with Gasteiger partial charge in [-0.25, -0.2) is 13.6 Å². The van der Waals surface area contributed by atoms with E-state index in [1.54, 1.807) is 0 Å². The van der Waals surface area contributed by atoms with E-state index in [0.29, 0.717) is 0 Å². The minimum atomic E-state index is -2.91. The summed E-state index contributed by atoms with van der Waals surface area (Å²) in [6, 6.07) is 0.733. The first-order valence-corrected chi connectivity index (χ1v) is 3.22. The number of carboxylic acid groups (broad SMARTS) is 1. The lowest BCUT2D eigenvalue weighted by Gasteiger charge is -2.02. The van der Waals surface area contributed by atoms with Crippen LogP contribution in [0.3, 0.4) is 0 Å². The number of rotatable bonds is 2. The number of aromatic hydroxyl groups is 1. The zero-order chi connectivity index (χ0) is 10.0. The van der Waals surface area contributed by atoms with Crippen molar-refractivity contribution in [2.75, 3.05) is 0 Å². The van der Waals surface area contributed by atoms with Gasteiger partial charge in [-0.05, 0) is 6.07 Å². The summed E-state index contributed by atoms with van der Waals surface area (Å²) in [4.78, 5) is 13.4.